The third kappa shape index (κ3) is 6.72. The predicted molar refractivity (Wildman–Crippen MR) is 96.3 cm³/mol. The van der Waals surface area contributed by atoms with E-state index in [1.54, 1.807) is 11.8 Å². The maximum Gasteiger partial charge on any atom is 0.387 e. The molecule has 0 unspecified atom stereocenters. The molecular weight excluding hydrogens is 346 g/mol. The zero-order valence-corrected chi connectivity index (χ0v) is 14.9. The molecule has 0 heterocycles. The number of nitrogens with one attached hydrogen (secondary N) is 1. The summed E-state index contributed by atoms with van der Waals surface area (Å²) >= 11 is 1.68. The quantitative estimate of drug-likeness (QED) is 0.715. The average Bonchev–Trinajstić information content (AvgIpc) is 2.56. The van der Waals surface area contributed by atoms with Gasteiger partial charge in [0.15, 0.2) is 0 Å². The summed E-state index contributed by atoms with van der Waals surface area (Å²) in [6, 6.07) is 14.0. The molecule has 25 heavy (non-hydrogen) atoms. The number of benzene rings is 2. The molecule has 0 spiro atoms. The van der Waals surface area contributed by atoms with Gasteiger partial charge >= 0.3 is 6.61 Å². The summed E-state index contributed by atoms with van der Waals surface area (Å²) in [7, 11) is 1.86. The first kappa shape index (κ1) is 19.2. The van der Waals surface area contributed by atoms with Crippen LogP contribution in [0, 0.1) is 0 Å². The number of hydrogen-bond donors (Lipinski definition) is 1. The molecule has 2 rings (SSSR count). The summed E-state index contributed by atoms with van der Waals surface area (Å²) in [5, 5.41) is 2.73. The van der Waals surface area contributed by atoms with E-state index in [1.165, 1.54) is 29.2 Å². The summed E-state index contributed by atoms with van der Waals surface area (Å²) in [5.41, 5.74) is 1.66. The van der Waals surface area contributed by atoms with Gasteiger partial charge < -0.3 is 10.1 Å². The van der Waals surface area contributed by atoms with Crippen molar-refractivity contribution >= 4 is 23.4 Å². The molecular formula is C18H20F2N2O2S. The third-order valence-corrected chi connectivity index (χ3v) is 4.13. The molecule has 134 valence electrons. The summed E-state index contributed by atoms with van der Waals surface area (Å²) in [6.45, 7) is -1.98. The van der Waals surface area contributed by atoms with Crippen molar-refractivity contribution in [2.75, 3.05) is 25.2 Å². The Morgan fingerprint density at radius 1 is 1.16 bits per heavy atom. The van der Waals surface area contributed by atoms with Crippen LogP contribution in [0.5, 0.6) is 5.75 Å². The van der Waals surface area contributed by atoms with Gasteiger partial charge in [0, 0.05) is 17.1 Å². The van der Waals surface area contributed by atoms with Gasteiger partial charge in [-0.3, -0.25) is 9.69 Å². The summed E-state index contributed by atoms with van der Waals surface area (Å²) in [4.78, 5) is 15.2. The molecule has 0 radical (unpaired) electrons. The molecule has 0 bridgehead atoms. The zero-order valence-electron chi connectivity index (χ0n) is 14.0. The molecule has 1 amide bonds. The van der Waals surface area contributed by atoms with E-state index in [0.29, 0.717) is 12.2 Å². The first-order valence-corrected chi connectivity index (χ1v) is 8.85. The molecule has 4 nitrogen and oxygen atoms in total. The molecule has 0 saturated heterocycles. The van der Waals surface area contributed by atoms with E-state index in [2.05, 4.69) is 22.2 Å². The van der Waals surface area contributed by atoms with E-state index < -0.39 is 6.61 Å². The largest absolute Gasteiger partial charge is 0.435 e. The number of nitrogens with zero attached hydrogens (tertiary/aromatic N) is 1. The van der Waals surface area contributed by atoms with Crippen molar-refractivity contribution in [3.05, 3.63) is 54.1 Å². The summed E-state index contributed by atoms with van der Waals surface area (Å²) in [6.07, 6.45) is 2.03. The smallest absolute Gasteiger partial charge is 0.387 e. The number of carbonyl (C=O) groups is 1. The Kier molecular flexibility index (Phi) is 7.21. The monoisotopic (exact) mass is 366 g/mol. The van der Waals surface area contributed by atoms with Gasteiger partial charge in [0.2, 0.25) is 5.91 Å². The van der Waals surface area contributed by atoms with E-state index in [4.69, 9.17) is 0 Å². The van der Waals surface area contributed by atoms with Crippen LogP contribution in [0.15, 0.2) is 53.4 Å². The highest BCUT2D eigenvalue weighted by Crippen LogP contribution is 2.18. The van der Waals surface area contributed by atoms with Crippen LogP contribution in [0.2, 0.25) is 0 Å². The van der Waals surface area contributed by atoms with Crippen LogP contribution >= 0.6 is 11.8 Å². The van der Waals surface area contributed by atoms with Crippen molar-refractivity contribution in [2.45, 2.75) is 18.1 Å². The first-order valence-electron chi connectivity index (χ1n) is 7.62. The van der Waals surface area contributed by atoms with E-state index in [1.807, 2.05) is 30.3 Å². The second kappa shape index (κ2) is 9.39. The molecule has 1 N–H and O–H groups in total. The topological polar surface area (TPSA) is 41.6 Å². The molecule has 0 saturated carbocycles. The van der Waals surface area contributed by atoms with Gasteiger partial charge in [-0.25, -0.2) is 0 Å². The van der Waals surface area contributed by atoms with Gasteiger partial charge in [-0.1, -0.05) is 12.1 Å². The van der Waals surface area contributed by atoms with Crippen molar-refractivity contribution in [2.24, 2.45) is 0 Å². The second-order valence-electron chi connectivity index (χ2n) is 5.47. The molecule has 0 fully saturated rings. The van der Waals surface area contributed by atoms with E-state index in [-0.39, 0.29) is 18.2 Å². The summed E-state index contributed by atoms with van der Waals surface area (Å²) < 4.78 is 28.5. The van der Waals surface area contributed by atoms with Gasteiger partial charge in [-0.05, 0) is 55.3 Å². The first-order chi connectivity index (χ1) is 12.0. The number of rotatable bonds is 8. The Labute approximate surface area is 150 Å². The number of alkyl halides is 2. The molecule has 2 aromatic rings. The maximum atomic E-state index is 12.1. The van der Waals surface area contributed by atoms with Gasteiger partial charge in [-0.15, -0.1) is 11.8 Å². The van der Waals surface area contributed by atoms with Gasteiger partial charge in [0.05, 0.1) is 6.54 Å². The minimum atomic E-state index is -2.86. The fourth-order valence-corrected chi connectivity index (χ4v) is 2.67. The third-order valence-electron chi connectivity index (χ3n) is 3.39. The number of halogens is 2. The van der Waals surface area contributed by atoms with Crippen molar-refractivity contribution in [3.8, 4) is 5.75 Å². The Balaban J connectivity index is 1.82. The lowest BCUT2D eigenvalue weighted by atomic mass is 10.2. The maximum absolute atomic E-state index is 12.1. The highest BCUT2D eigenvalue weighted by molar-refractivity contribution is 7.98. The number of anilines is 1. The Bertz CT molecular complexity index is 678. The fraction of sp³-hybridized carbons (Fsp3) is 0.278. The highest BCUT2D eigenvalue weighted by atomic mass is 32.2. The molecule has 0 atom stereocenters. The fourth-order valence-electron chi connectivity index (χ4n) is 2.26. The standard InChI is InChI=1S/C18H20F2N2O2S/c1-22(11-13-3-9-16(25-2)10-4-13)12-17(23)21-14-5-7-15(8-6-14)24-18(19)20/h3-10,18H,11-12H2,1-2H3,(H,21,23). The number of amides is 1. The molecule has 7 heteroatoms. The Morgan fingerprint density at radius 2 is 1.80 bits per heavy atom. The molecule has 2 aromatic carbocycles. The van der Waals surface area contributed by atoms with Crippen molar-refractivity contribution in [1.82, 2.24) is 4.90 Å². The minimum Gasteiger partial charge on any atom is -0.435 e. The van der Waals surface area contributed by atoms with Crippen LogP contribution in [-0.2, 0) is 11.3 Å². The number of ether oxygens (including phenoxy) is 1. The highest BCUT2D eigenvalue weighted by Gasteiger charge is 2.09. The Morgan fingerprint density at radius 3 is 2.36 bits per heavy atom. The Hall–Kier alpha value is -2.12. The second-order valence-corrected chi connectivity index (χ2v) is 6.35. The number of thioether (sulfide) groups is 1. The van der Waals surface area contributed by atoms with Gasteiger partial charge in [-0.2, -0.15) is 8.78 Å². The lowest BCUT2D eigenvalue weighted by molar-refractivity contribution is -0.117. The van der Waals surface area contributed by atoms with E-state index in [9.17, 15) is 13.6 Å². The molecule has 0 aliphatic heterocycles. The van der Waals surface area contributed by atoms with Crippen LogP contribution in [-0.4, -0.2) is 37.3 Å². The summed E-state index contributed by atoms with van der Waals surface area (Å²) in [5.74, 6) is -0.121. The zero-order chi connectivity index (χ0) is 18.2. The van der Waals surface area contributed by atoms with E-state index in [0.717, 1.165) is 5.56 Å². The minimum absolute atomic E-state index is 0.0545. The van der Waals surface area contributed by atoms with Gasteiger partial charge in [0.1, 0.15) is 5.75 Å². The van der Waals surface area contributed by atoms with Crippen LogP contribution < -0.4 is 10.1 Å². The van der Waals surface area contributed by atoms with Crippen molar-refractivity contribution < 1.29 is 18.3 Å². The normalized spacial score (nSPS) is 11.0. The van der Waals surface area contributed by atoms with Gasteiger partial charge in [0.25, 0.3) is 0 Å². The SMILES string of the molecule is CSc1ccc(CN(C)CC(=O)Nc2ccc(OC(F)F)cc2)cc1. The average molecular weight is 366 g/mol. The van der Waals surface area contributed by atoms with Crippen LogP contribution in [0.4, 0.5) is 14.5 Å². The molecule has 0 aliphatic carbocycles. The molecule has 0 aliphatic rings. The van der Waals surface area contributed by atoms with Crippen LogP contribution in [0.25, 0.3) is 0 Å². The number of likely N-dealkylation sites (N-methyl/N-ethyl adjacent to an activating group) is 1. The van der Waals surface area contributed by atoms with Crippen LogP contribution in [0.3, 0.4) is 0 Å². The lowest BCUT2D eigenvalue weighted by Crippen LogP contribution is -2.29. The molecule has 0 aromatic heterocycles. The predicted octanol–water partition coefficient (Wildman–Crippen LogP) is 4.08. The van der Waals surface area contributed by atoms with Crippen molar-refractivity contribution in [3.63, 3.8) is 0 Å². The number of carbonyl (C=O) groups excluding carboxylic acids is 1. The lowest BCUT2D eigenvalue weighted by Gasteiger charge is -2.16. The number of hydrogen-bond acceptors (Lipinski definition) is 4. The van der Waals surface area contributed by atoms with Crippen molar-refractivity contribution in [1.29, 1.82) is 0 Å². The van der Waals surface area contributed by atoms with E-state index >= 15 is 0 Å². The van der Waals surface area contributed by atoms with Crippen LogP contribution in [0.1, 0.15) is 5.56 Å².